The highest BCUT2D eigenvalue weighted by Gasteiger charge is 2.27. The first kappa shape index (κ1) is 12.6. The smallest absolute Gasteiger partial charge is 0.310 e. The van der Waals surface area contributed by atoms with Gasteiger partial charge in [0.1, 0.15) is 11.6 Å². The molecular formula is C12H18N4O2. The molecule has 1 fully saturated rings. The molecule has 2 rings (SSSR count). The Morgan fingerprint density at radius 2 is 2.39 bits per heavy atom. The molecule has 1 atom stereocenters. The number of rotatable bonds is 3. The van der Waals surface area contributed by atoms with E-state index in [1.807, 2.05) is 6.92 Å². The third-order valence-electron chi connectivity index (χ3n) is 3.02. The van der Waals surface area contributed by atoms with Crippen molar-refractivity contribution < 1.29 is 9.53 Å². The summed E-state index contributed by atoms with van der Waals surface area (Å²) in [5.74, 6) is 0.972. The maximum atomic E-state index is 11.7. The summed E-state index contributed by atoms with van der Waals surface area (Å²) in [5.41, 5.74) is 5.51. The van der Waals surface area contributed by atoms with E-state index in [0.29, 0.717) is 19.0 Å². The van der Waals surface area contributed by atoms with Crippen molar-refractivity contribution >= 4 is 17.6 Å². The maximum absolute atomic E-state index is 11.7. The van der Waals surface area contributed by atoms with Crippen molar-refractivity contribution in [3.63, 3.8) is 0 Å². The van der Waals surface area contributed by atoms with Crippen LogP contribution in [-0.4, -0.2) is 35.6 Å². The molecule has 0 spiro atoms. The lowest BCUT2D eigenvalue weighted by molar-refractivity contribution is -0.148. The predicted octanol–water partition coefficient (Wildman–Crippen LogP) is 0.838. The zero-order valence-electron chi connectivity index (χ0n) is 10.5. The van der Waals surface area contributed by atoms with Crippen molar-refractivity contribution in [2.24, 2.45) is 5.92 Å². The monoisotopic (exact) mass is 250 g/mol. The van der Waals surface area contributed by atoms with Crippen molar-refractivity contribution in [3.8, 4) is 0 Å². The molecule has 1 aromatic heterocycles. The first-order chi connectivity index (χ1) is 8.70. The highest BCUT2D eigenvalue weighted by atomic mass is 16.5. The van der Waals surface area contributed by atoms with Gasteiger partial charge in [-0.15, -0.1) is 0 Å². The molecular weight excluding hydrogens is 232 g/mol. The van der Waals surface area contributed by atoms with E-state index in [9.17, 15) is 4.79 Å². The quantitative estimate of drug-likeness (QED) is 0.800. The van der Waals surface area contributed by atoms with Crippen molar-refractivity contribution in [2.45, 2.75) is 19.8 Å². The number of hydrogen-bond donors (Lipinski definition) is 1. The number of aromatic nitrogens is 2. The van der Waals surface area contributed by atoms with E-state index in [1.165, 1.54) is 6.20 Å². The fraction of sp³-hybridized carbons (Fsp3) is 0.583. The highest BCUT2D eigenvalue weighted by molar-refractivity contribution is 5.73. The fourth-order valence-electron chi connectivity index (χ4n) is 2.13. The summed E-state index contributed by atoms with van der Waals surface area (Å²) in [5, 5.41) is 0. The Kier molecular flexibility index (Phi) is 3.96. The summed E-state index contributed by atoms with van der Waals surface area (Å²) in [4.78, 5) is 22.0. The van der Waals surface area contributed by atoms with Crippen LogP contribution in [0.3, 0.4) is 0 Å². The molecule has 0 amide bonds. The first-order valence-electron chi connectivity index (χ1n) is 6.19. The van der Waals surface area contributed by atoms with Gasteiger partial charge in [0.2, 0.25) is 0 Å². The Morgan fingerprint density at radius 3 is 3.06 bits per heavy atom. The predicted molar refractivity (Wildman–Crippen MR) is 68.0 cm³/mol. The molecule has 0 bridgehead atoms. The van der Waals surface area contributed by atoms with Crippen LogP contribution in [0.25, 0.3) is 0 Å². The first-order valence-corrected chi connectivity index (χ1v) is 6.19. The Hall–Kier alpha value is -1.85. The van der Waals surface area contributed by atoms with E-state index in [1.54, 1.807) is 6.20 Å². The normalized spacial score (nSPS) is 19.6. The second-order valence-corrected chi connectivity index (χ2v) is 4.34. The third-order valence-corrected chi connectivity index (χ3v) is 3.02. The second-order valence-electron chi connectivity index (χ2n) is 4.34. The number of nitrogens with zero attached hydrogens (tertiary/aromatic N) is 3. The van der Waals surface area contributed by atoms with Gasteiger partial charge in [-0.25, -0.2) is 9.97 Å². The molecule has 0 radical (unpaired) electrons. The van der Waals surface area contributed by atoms with Gasteiger partial charge in [-0.05, 0) is 19.8 Å². The van der Waals surface area contributed by atoms with Crippen LogP contribution in [0, 0.1) is 5.92 Å². The lowest BCUT2D eigenvalue weighted by Crippen LogP contribution is -2.39. The number of nitrogens with two attached hydrogens (primary N) is 1. The van der Waals surface area contributed by atoms with E-state index in [0.717, 1.165) is 25.2 Å². The molecule has 0 aliphatic carbocycles. The van der Waals surface area contributed by atoms with Crippen molar-refractivity contribution in [3.05, 3.63) is 12.4 Å². The summed E-state index contributed by atoms with van der Waals surface area (Å²) in [7, 11) is 0. The van der Waals surface area contributed by atoms with E-state index in [2.05, 4.69) is 14.9 Å². The molecule has 1 saturated heterocycles. The molecule has 2 N–H and O–H groups in total. The molecule has 1 aromatic rings. The molecule has 2 heterocycles. The van der Waals surface area contributed by atoms with Gasteiger partial charge in [0.05, 0.1) is 24.9 Å². The zero-order valence-corrected chi connectivity index (χ0v) is 10.5. The fourth-order valence-corrected chi connectivity index (χ4v) is 2.13. The Balaban J connectivity index is 2.02. The van der Waals surface area contributed by atoms with Crippen LogP contribution >= 0.6 is 0 Å². The molecule has 6 heteroatoms. The summed E-state index contributed by atoms with van der Waals surface area (Å²) in [6, 6.07) is 0. The molecule has 1 aliphatic heterocycles. The summed E-state index contributed by atoms with van der Waals surface area (Å²) in [6.07, 6.45) is 5.00. The SMILES string of the molecule is CCOC(=O)C1CCCN(c2cnc(N)cn2)C1. The van der Waals surface area contributed by atoms with Crippen LogP contribution in [0.1, 0.15) is 19.8 Å². The van der Waals surface area contributed by atoms with Gasteiger partial charge in [-0.1, -0.05) is 0 Å². The molecule has 1 aliphatic rings. The molecule has 18 heavy (non-hydrogen) atoms. The van der Waals surface area contributed by atoms with Crippen LogP contribution in [0.15, 0.2) is 12.4 Å². The summed E-state index contributed by atoms with van der Waals surface area (Å²) < 4.78 is 5.06. The maximum Gasteiger partial charge on any atom is 0.310 e. The second kappa shape index (κ2) is 5.66. The van der Waals surface area contributed by atoms with Crippen LogP contribution in [-0.2, 0) is 9.53 Å². The largest absolute Gasteiger partial charge is 0.466 e. The van der Waals surface area contributed by atoms with Crippen LogP contribution in [0.2, 0.25) is 0 Å². The average Bonchev–Trinajstić information content (AvgIpc) is 2.40. The highest BCUT2D eigenvalue weighted by Crippen LogP contribution is 2.22. The van der Waals surface area contributed by atoms with E-state index >= 15 is 0 Å². The number of piperidine rings is 1. The van der Waals surface area contributed by atoms with Crippen LogP contribution < -0.4 is 10.6 Å². The topological polar surface area (TPSA) is 81.3 Å². The van der Waals surface area contributed by atoms with Gasteiger partial charge in [0.25, 0.3) is 0 Å². The van der Waals surface area contributed by atoms with Gasteiger partial charge >= 0.3 is 5.97 Å². The van der Waals surface area contributed by atoms with Gasteiger partial charge in [-0.3, -0.25) is 4.79 Å². The standard InChI is InChI=1S/C12H18N4O2/c1-2-18-12(17)9-4-3-5-16(8-9)11-7-14-10(13)6-15-11/h6-7,9H,2-5,8H2,1H3,(H2,13,14). The number of anilines is 2. The van der Waals surface area contributed by atoms with E-state index in [4.69, 9.17) is 10.5 Å². The molecule has 98 valence electrons. The van der Waals surface area contributed by atoms with Crippen molar-refractivity contribution in [2.75, 3.05) is 30.3 Å². The van der Waals surface area contributed by atoms with E-state index in [-0.39, 0.29) is 11.9 Å². The van der Waals surface area contributed by atoms with Gasteiger partial charge in [0.15, 0.2) is 0 Å². The number of esters is 1. The van der Waals surface area contributed by atoms with Crippen molar-refractivity contribution in [1.82, 2.24) is 9.97 Å². The third kappa shape index (κ3) is 2.88. The summed E-state index contributed by atoms with van der Waals surface area (Å²) >= 11 is 0. The number of hydrogen-bond acceptors (Lipinski definition) is 6. The van der Waals surface area contributed by atoms with Gasteiger partial charge in [0, 0.05) is 13.1 Å². The zero-order chi connectivity index (χ0) is 13.0. The lowest BCUT2D eigenvalue weighted by atomic mass is 9.98. The average molecular weight is 250 g/mol. The molecule has 0 aromatic carbocycles. The molecule has 0 saturated carbocycles. The summed E-state index contributed by atoms with van der Waals surface area (Å²) in [6.45, 7) is 3.77. The Morgan fingerprint density at radius 1 is 1.56 bits per heavy atom. The van der Waals surface area contributed by atoms with Crippen LogP contribution in [0.5, 0.6) is 0 Å². The van der Waals surface area contributed by atoms with Crippen LogP contribution in [0.4, 0.5) is 11.6 Å². The molecule has 1 unspecified atom stereocenters. The minimum Gasteiger partial charge on any atom is -0.466 e. The van der Waals surface area contributed by atoms with E-state index < -0.39 is 0 Å². The number of carbonyl (C=O) groups excluding carboxylic acids is 1. The number of ether oxygens (including phenoxy) is 1. The Bertz CT molecular complexity index is 407. The molecule has 6 nitrogen and oxygen atoms in total. The van der Waals surface area contributed by atoms with Gasteiger partial charge in [-0.2, -0.15) is 0 Å². The lowest BCUT2D eigenvalue weighted by Gasteiger charge is -2.32. The minimum absolute atomic E-state index is 0.0712. The van der Waals surface area contributed by atoms with Crippen molar-refractivity contribution in [1.29, 1.82) is 0 Å². The number of carbonyl (C=O) groups is 1. The van der Waals surface area contributed by atoms with Gasteiger partial charge < -0.3 is 15.4 Å². The minimum atomic E-state index is -0.120. The Labute approximate surface area is 106 Å². The number of nitrogen functional groups attached to an aromatic ring is 1.